The molecule has 0 spiro atoms. The number of pyridine rings is 1. The van der Waals surface area contributed by atoms with Crippen LogP contribution in [-0.4, -0.2) is 40.7 Å². The van der Waals surface area contributed by atoms with Crippen molar-refractivity contribution in [2.45, 2.75) is 38.8 Å². The Labute approximate surface area is 170 Å². The van der Waals surface area contributed by atoms with E-state index in [0.29, 0.717) is 62.9 Å². The molecule has 1 saturated heterocycles. The normalized spacial score (nSPS) is 15.6. The van der Waals surface area contributed by atoms with Gasteiger partial charge in [0.1, 0.15) is 5.82 Å². The maximum Gasteiger partial charge on any atom is 0.417 e. The van der Waals surface area contributed by atoms with Gasteiger partial charge in [-0.15, -0.1) is 0 Å². The van der Waals surface area contributed by atoms with Crippen molar-refractivity contribution in [3.05, 3.63) is 34.6 Å². The van der Waals surface area contributed by atoms with Gasteiger partial charge in [-0.25, -0.2) is 4.98 Å². The lowest BCUT2D eigenvalue weighted by atomic mass is 9.96. The molecule has 158 valence electrons. The van der Waals surface area contributed by atoms with E-state index < -0.39 is 11.7 Å². The van der Waals surface area contributed by atoms with E-state index >= 15 is 0 Å². The highest BCUT2D eigenvalue weighted by Crippen LogP contribution is 2.34. The highest BCUT2D eigenvalue weighted by atomic mass is 35.5. The number of halogens is 4. The Morgan fingerprint density at radius 2 is 2.10 bits per heavy atom. The van der Waals surface area contributed by atoms with Crippen LogP contribution in [0.25, 0.3) is 0 Å². The number of carbonyl (C=O) groups is 1. The SMILES string of the molecule is Cc1noc(CCCNC(=O)C2CCN(c3ncc(C(F)(F)F)cc3Cl)CC2)n1. The van der Waals surface area contributed by atoms with E-state index in [-0.39, 0.29) is 16.8 Å². The molecule has 1 N–H and O–H groups in total. The van der Waals surface area contributed by atoms with Crippen LogP contribution in [0.2, 0.25) is 5.02 Å². The molecule has 2 aromatic rings. The first kappa shape index (κ1) is 21.4. The fourth-order valence-corrected chi connectivity index (χ4v) is 3.49. The molecule has 0 atom stereocenters. The van der Waals surface area contributed by atoms with Gasteiger partial charge in [-0.05, 0) is 32.3 Å². The molecule has 0 aliphatic carbocycles. The minimum atomic E-state index is -4.48. The average molecular weight is 432 g/mol. The molecule has 2 aromatic heterocycles. The molecular formula is C18H21ClF3N5O2. The molecule has 1 aliphatic rings. The maximum absolute atomic E-state index is 12.7. The monoisotopic (exact) mass is 431 g/mol. The summed E-state index contributed by atoms with van der Waals surface area (Å²) in [4.78, 5) is 22.1. The number of alkyl halides is 3. The van der Waals surface area contributed by atoms with Gasteiger partial charge < -0.3 is 14.7 Å². The van der Waals surface area contributed by atoms with Crippen LogP contribution in [0.3, 0.4) is 0 Å². The molecule has 0 unspecified atom stereocenters. The fraction of sp³-hybridized carbons (Fsp3) is 0.556. The second-order valence-electron chi connectivity index (χ2n) is 6.92. The van der Waals surface area contributed by atoms with Crippen LogP contribution in [-0.2, 0) is 17.4 Å². The van der Waals surface area contributed by atoms with Gasteiger partial charge in [-0.2, -0.15) is 18.2 Å². The minimum absolute atomic E-state index is 0.0298. The molecule has 29 heavy (non-hydrogen) atoms. The summed E-state index contributed by atoms with van der Waals surface area (Å²) in [5, 5.41) is 6.57. The van der Waals surface area contributed by atoms with E-state index in [4.69, 9.17) is 16.1 Å². The zero-order chi connectivity index (χ0) is 21.0. The second-order valence-corrected chi connectivity index (χ2v) is 7.33. The number of amides is 1. The average Bonchev–Trinajstić information content (AvgIpc) is 3.09. The standard InChI is InChI=1S/C18H21ClF3N5O2/c1-11-25-15(29-26-11)3-2-6-23-17(28)12-4-7-27(8-5-12)16-14(19)9-13(10-24-16)18(20,21)22/h9-10,12H,2-8H2,1H3,(H,23,28). The molecule has 1 aliphatic heterocycles. The molecule has 1 fully saturated rings. The van der Waals surface area contributed by atoms with Crippen LogP contribution in [0.5, 0.6) is 0 Å². The number of nitrogens with one attached hydrogen (secondary N) is 1. The number of carbonyl (C=O) groups excluding carboxylic acids is 1. The van der Waals surface area contributed by atoms with E-state index in [1.54, 1.807) is 6.92 Å². The van der Waals surface area contributed by atoms with Crippen LogP contribution >= 0.6 is 11.6 Å². The van der Waals surface area contributed by atoms with Gasteiger partial charge >= 0.3 is 6.18 Å². The summed E-state index contributed by atoms with van der Waals surface area (Å²) in [6.07, 6.45) is -1.26. The van der Waals surface area contributed by atoms with Crippen molar-refractivity contribution in [3.63, 3.8) is 0 Å². The van der Waals surface area contributed by atoms with Crippen LogP contribution in [0.15, 0.2) is 16.8 Å². The number of anilines is 1. The van der Waals surface area contributed by atoms with Gasteiger partial charge in [0.25, 0.3) is 0 Å². The number of aromatic nitrogens is 3. The predicted molar refractivity (Wildman–Crippen MR) is 99.6 cm³/mol. The van der Waals surface area contributed by atoms with E-state index in [2.05, 4.69) is 20.4 Å². The van der Waals surface area contributed by atoms with E-state index in [1.807, 2.05) is 4.90 Å². The molecule has 11 heteroatoms. The molecule has 0 aromatic carbocycles. The number of rotatable bonds is 6. The van der Waals surface area contributed by atoms with Gasteiger partial charge in [0.15, 0.2) is 5.82 Å². The molecule has 3 heterocycles. The van der Waals surface area contributed by atoms with Crippen molar-refractivity contribution in [2.24, 2.45) is 5.92 Å². The third kappa shape index (κ3) is 5.59. The lowest BCUT2D eigenvalue weighted by Crippen LogP contribution is -2.41. The zero-order valence-electron chi connectivity index (χ0n) is 15.8. The van der Waals surface area contributed by atoms with E-state index in [0.717, 1.165) is 12.3 Å². The van der Waals surface area contributed by atoms with Crippen molar-refractivity contribution in [3.8, 4) is 0 Å². The van der Waals surface area contributed by atoms with Gasteiger partial charge in [0.05, 0.1) is 10.6 Å². The minimum Gasteiger partial charge on any atom is -0.356 e. The number of aryl methyl sites for hydroxylation is 2. The Morgan fingerprint density at radius 3 is 2.69 bits per heavy atom. The first-order valence-electron chi connectivity index (χ1n) is 9.28. The second kappa shape index (κ2) is 8.98. The molecular weight excluding hydrogens is 411 g/mol. The number of nitrogens with zero attached hydrogens (tertiary/aromatic N) is 4. The van der Waals surface area contributed by atoms with E-state index in [9.17, 15) is 18.0 Å². The highest BCUT2D eigenvalue weighted by molar-refractivity contribution is 6.33. The van der Waals surface area contributed by atoms with Crippen LogP contribution in [0.4, 0.5) is 19.0 Å². The summed E-state index contributed by atoms with van der Waals surface area (Å²) >= 11 is 6.00. The van der Waals surface area contributed by atoms with Gasteiger partial charge in [-0.1, -0.05) is 16.8 Å². The molecule has 0 radical (unpaired) electrons. The third-order valence-electron chi connectivity index (χ3n) is 4.75. The molecule has 1 amide bonds. The molecule has 0 saturated carbocycles. The summed E-state index contributed by atoms with van der Waals surface area (Å²) in [5.41, 5.74) is -0.879. The maximum atomic E-state index is 12.7. The lowest BCUT2D eigenvalue weighted by Gasteiger charge is -2.32. The number of piperidine rings is 1. The quantitative estimate of drug-likeness (QED) is 0.705. The first-order chi connectivity index (χ1) is 13.7. The first-order valence-corrected chi connectivity index (χ1v) is 9.66. The smallest absolute Gasteiger partial charge is 0.356 e. The van der Waals surface area contributed by atoms with Crippen molar-refractivity contribution >= 4 is 23.3 Å². The third-order valence-corrected chi connectivity index (χ3v) is 5.03. The summed E-state index contributed by atoms with van der Waals surface area (Å²) in [5.74, 6) is 1.26. The lowest BCUT2D eigenvalue weighted by molar-refractivity contribution is -0.137. The summed E-state index contributed by atoms with van der Waals surface area (Å²) in [6, 6.07) is 0.883. The Hall–Kier alpha value is -2.36. The summed E-state index contributed by atoms with van der Waals surface area (Å²) < 4.78 is 43.2. The van der Waals surface area contributed by atoms with Gasteiger partial charge in [-0.3, -0.25) is 4.79 Å². The molecule has 0 bridgehead atoms. The Bertz CT molecular complexity index is 850. The van der Waals surface area contributed by atoms with Crippen LogP contribution in [0, 0.1) is 12.8 Å². The largest absolute Gasteiger partial charge is 0.417 e. The molecule has 7 nitrogen and oxygen atoms in total. The number of hydrogen-bond acceptors (Lipinski definition) is 6. The van der Waals surface area contributed by atoms with Crippen molar-refractivity contribution in [1.29, 1.82) is 0 Å². The molecule has 3 rings (SSSR count). The van der Waals surface area contributed by atoms with Gasteiger partial charge in [0.2, 0.25) is 11.8 Å². The van der Waals surface area contributed by atoms with Gasteiger partial charge in [0, 0.05) is 38.2 Å². The van der Waals surface area contributed by atoms with E-state index in [1.165, 1.54) is 0 Å². The Kier molecular flexibility index (Phi) is 6.61. The Morgan fingerprint density at radius 1 is 1.38 bits per heavy atom. The Balaban J connectivity index is 1.44. The van der Waals surface area contributed by atoms with Crippen LogP contribution < -0.4 is 10.2 Å². The van der Waals surface area contributed by atoms with Crippen LogP contribution in [0.1, 0.15) is 36.5 Å². The van der Waals surface area contributed by atoms with Crippen molar-refractivity contribution in [2.75, 3.05) is 24.5 Å². The topological polar surface area (TPSA) is 84.2 Å². The fourth-order valence-electron chi connectivity index (χ4n) is 3.21. The predicted octanol–water partition coefficient (Wildman–Crippen LogP) is 3.41. The zero-order valence-corrected chi connectivity index (χ0v) is 16.6. The number of hydrogen-bond donors (Lipinski definition) is 1. The highest BCUT2D eigenvalue weighted by Gasteiger charge is 2.33. The van der Waals surface area contributed by atoms with Crippen molar-refractivity contribution in [1.82, 2.24) is 20.4 Å². The van der Waals surface area contributed by atoms with Crippen molar-refractivity contribution < 1.29 is 22.5 Å². The summed E-state index contributed by atoms with van der Waals surface area (Å²) in [6.45, 7) is 3.25. The summed E-state index contributed by atoms with van der Waals surface area (Å²) in [7, 11) is 0.